The summed E-state index contributed by atoms with van der Waals surface area (Å²) in [5.41, 5.74) is 5.28. The van der Waals surface area contributed by atoms with Gasteiger partial charge in [0.2, 0.25) is 0 Å². The lowest BCUT2D eigenvalue weighted by Crippen LogP contribution is -2.29. The zero-order valence-corrected chi connectivity index (χ0v) is 15.0. The summed E-state index contributed by atoms with van der Waals surface area (Å²) >= 11 is 0. The molecule has 4 heteroatoms. The maximum absolute atomic E-state index is 12.8. The number of ether oxygens (including phenoxy) is 1. The largest absolute Gasteiger partial charge is 0.380 e. The lowest BCUT2D eigenvalue weighted by molar-refractivity contribution is 0.0898. The number of likely N-dealkylation sites (tertiary alicyclic amines) is 1. The van der Waals surface area contributed by atoms with Gasteiger partial charge in [-0.2, -0.15) is 0 Å². The van der Waals surface area contributed by atoms with Gasteiger partial charge in [0.15, 0.2) is 5.78 Å². The zero-order valence-electron chi connectivity index (χ0n) is 15.0. The van der Waals surface area contributed by atoms with Gasteiger partial charge in [-0.3, -0.25) is 9.69 Å². The minimum Gasteiger partial charge on any atom is -0.380 e. The number of ketones is 1. The average Bonchev–Trinajstić information content (AvgIpc) is 3.13. The molecule has 1 saturated heterocycles. The first kappa shape index (κ1) is 16.9. The Bertz CT molecular complexity index is 731. The van der Waals surface area contributed by atoms with E-state index in [-0.39, 0.29) is 11.9 Å². The Labute approximate surface area is 144 Å². The Hall–Kier alpha value is -1.91. The van der Waals surface area contributed by atoms with Gasteiger partial charge < -0.3 is 9.30 Å². The van der Waals surface area contributed by atoms with Gasteiger partial charge >= 0.3 is 0 Å². The van der Waals surface area contributed by atoms with Gasteiger partial charge in [-0.25, -0.2) is 0 Å². The topological polar surface area (TPSA) is 34.5 Å². The number of nitrogens with zero attached hydrogens (tertiary/aromatic N) is 2. The van der Waals surface area contributed by atoms with Crippen molar-refractivity contribution in [2.45, 2.75) is 33.3 Å². The predicted octanol–water partition coefficient (Wildman–Crippen LogP) is 3.31. The molecule has 24 heavy (non-hydrogen) atoms. The summed E-state index contributed by atoms with van der Waals surface area (Å²) in [5, 5.41) is 0. The second-order valence-electron chi connectivity index (χ2n) is 6.76. The van der Waals surface area contributed by atoms with Crippen LogP contribution in [0.25, 0.3) is 5.69 Å². The molecule has 1 aromatic heterocycles. The molecule has 1 unspecified atom stereocenters. The van der Waals surface area contributed by atoms with Crippen LogP contribution in [0.3, 0.4) is 0 Å². The van der Waals surface area contributed by atoms with Crippen LogP contribution in [0.4, 0.5) is 0 Å². The number of hydrogen-bond donors (Lipinski definition) is 0. The molecule has 0 amide bonds. The van der Waals surface area contributed by atoms with Crippen LogP contribution in [0.1, 0.15) is 33.7 Å². The fraction of sp³-hybridized carbons (Fsp3) is 0.450. The third kappa shape index (κ3) is 3.30. The van der Waals surface area contributed by atoms with Gasteiger partial charge in [-0.05, 0) is 45.4 Å². The molecule has 1 fully saturated rings. The van der Waals surface area contributed by atoms with Crippen LogP contribution in [-0.4, -0.2) is 48.1 Å². The number of Topliss-reactive ketones (excluding diaryl/α,β-unsaturated/α-hetero) is 1. The molecule has 2 heterocycles. The monoisotopic (exact) mass is 326 g/mol. The minimum absolute atomic E-state index is 0.193. The van der Waals surface area contributed by atoms with E-state index in [2.05, 4.69) is 47.6 Å². The van der Waals surface area contributed by atoms with E-state index in [4.69, 9.17) is 4.74 Å². The third-order valence-electron chi connectivity index (χ3n) is 4.95. The number of aromatic nitrogens is 1. The molecular weight excluding hydrogens is 300 g/mol. The van der Waals surface area contributed by atoms with Crippen molar-refractivity contribution in [2.75, 3.05) is 26.7 Å². The molecule has 0 spiro atoms. The summed E-state index contributed by atoms with van der Waals surface area (Å²) < 4.78 is 7.55. The first-order valence-corrected chi connectivity index (χ1v) is 8.54. The first-order valence-electron chi connectivity index (χ1n) is 8.54. The van der Waals surface area contributed by atoms with E-state index < -0.39 is 0 Å². The van der Waals surface area contributed by atoms with E-state index in [0.717, 1.165) is 42.1 Å². The smallest absolute Gasteiger partial charge is 0.178 e. The lowest BCUT2D eigenvalue weighted by Gasteiger charge is -2.15. The predicted molar refractivity (Wildman–Crippen MR) is 96.2 cm³/mol. The average molecular weight is 326 g/mol. The summed E-state index contributed by atoms with van der Waals surface area (Å²) in [5.74, 6) is 0.193. The molecule has 3 rings (SSSR count). The van der Waals surface area contributed by atoms with Crippen LogP contribution in [0, 0.1) is 20.8 Å². The highest BCUT2D eigenvalue weighted by Gasteiger charge is 2.25. The molecule has 1 aliphatic heterocycles. The van der Waals surface area contributed by atoms with E-state index >= 15 is 0 Å². The number of carbonyl (C=O) groups excluding carboxylic acids is 1. The quantitative estimate of drug-likeness (QED) is 0.791. The molecule has 1 aromatic carbocycles. The van der Waals surface area contributed by atoms with E-state index in [1.807, 2.05) is 13.0 Å². The fourth-order valence-electron chi connectivity index (χ4n) is 3.56. The van der Waals surface area contributed by atoms with Crippen LogP contribution in [0.5, 0.6) is 0 Å². The number of methoxy groups -OCH3 is 1. The SMILES string of the molecule is COC1CCN(CC(=O)c2cc(C)n(-c3ccc(C)cc3)c2C)C1. The minimum atomic E-state index is 0.193. The van der Waals surface area contributed by atoms with Crippen LogP contribution in [0.15, 0.2) is 30.3 Å². The summed E-state index contributed by atoms with van der Waals surface area (Å²) in [6.45, 7) is 8.41. The fourth-order valence-corrected chi connectivity index (χ4v) is 3.56. The maximum Gasteiger partial charge on any atom is 0.178 e. The second kappa shape index (κ2) is 6.91. The molecule has 2 aromatic rings. The number of hydrogen-bond acceptors (Lipinski definition) is 3. The highest BCUT2D eigenvalue weighted by molar-refractivity contribution is 5.99. The molecular formula is C20H26N2O2. The van der Waals surface area contributed by atoms with Crippen LogP contribution in [-0.2, 0) is 4.74 Å². The Morgan fingerprint density at radius 1 is 1.21 bits per heavy atom. The molecule has 0 radical (unpaired) electrons. The van der Waals surface area contributed by atoms with Gasteiger partial charge in [0.05, 0.1) is 12.6 Å². The highest BCUT2D eigenvalue weighted by atomic mass is 16.5. The summed E-state index contributed by atoms with van der Waals surface area (Å²) in [7, 11) is 1.74. The van der Waals surface area contributed by atoms with Gasteiger partial charge in [0, 0.05) is 42.8 Å². The van der Waals surface area contributed by atoms with Gasteiger partial charge in [-0.15, -0.1) is 0 Å². The van der Waals surface area contributed by atoms with E-state index in [9.17, 15) is 4.79 Å². The van der Waals surface area contributed by atoms with Crippen LogP contribution >= 0.6 is 0 Å². The lowest BCUT2D eigenvalue weighted by atomic mass is 10.1. The van der Waals surface area contributed by atoms with E-state index in [1.165, 1.54) is 5.56 Å². The first-order chi connectivity index (χ1) is 11.5. The van der Waals surface area contributed by atoms with Crippen molar-refractivity contribution in [1.29, 1.82) is 0 Å². The van der Waals surface area contributed by atoms with Gasteiger partial charge in [0.25, 0.3) is 0 Å². The van der Waals surface area contributed by atoms with Gasteiger partial charge in [-0.1, -0.05) is 17.7 Å². The Kier molecular flexibility index (Phi) is 4.88. The maximum atomic E-state index is 12.8. The third-order valence-corrected chi connectivity index (χ3v) is 4.95. The standard InChI is InChI=1S/C20H26N2O2/c1-14-5-7-17(8-6-14)22-15(2)11-19(16(22)3)20(23)13-21-10-9-18(12-21)24-4/h5-8,11,18H,9-10,12-13H2,1-4H3. The molecule has 1 atom stereocenters. The van der Waals surface area contributed by atoms with Crippen molar-refractivity contribution in [3.63, 3.8) is 0 Å². The van der Waals surface area contributed by atoms with Gasteiger partial charge in [0.1, 0.15) is 0 Å². The second-order valence-corrected chi connectivity index (χ2v) is 6.76. The zero-order chi connectivity index (χ0) is 17.3. The summed E-state index contributed by atoms with van der Waals surface area (Å²) in [4.78, 5) is 15.0. The summed E-state index contributed by atoms with van der Waals surface area (Å²) in [6, 6.07) is 10.4. The molecule has 1 aliphatic rings. The number of rotatable bonds is 5. The number of aryl methyl sites for hydroxylation is 2. The molecule has 0 aliphatic carbocycles. The Morgan fingerprint density at radius 3 is 2.54 bits per heavy atom. The highest BCUT2D eigenvalue weighted by Crippen LogP contribution is 2.22. The van der Waals surface area contributed by atoms with E-state index in [1.54, 1.807) is 7.11 Å². The van der Waals surface area contributed by atoms with Crippen molar-refractivity contribution >= 4 is 5.78 Å². The Balaban J connectivity index is 1.81. The van der Waals surface area contributed by atoms with Crippen LogP contribution < -0.4 is 0 Å². The van der Waals surface area contributed by atoms with E-state index in [0.29, 0.717) is 6.54 Å². The number of benzene rings is 1. The molecule has 0 saturated carbocycles. The normalized spacial score (nSPS) is 18.2. The van der Waals surface area contributed by atoms with Crippen molar-refractivity contribution in [1.82, 2.24) is 9.47 Å². The molecule has 4 nitrogen and oxygen atoms in total. The summed E-state index contributed by atoms with van der Waals surface area (Å²) in [6.07, 6.45) is 1.27. The van der Waals surface area contributed by atoms with Crippen molar-refractivity contribution in [2.24, 2.45) is 0 Å². The van der Waals surface area contributed by atoms with Crippen LogP contribution in [0.2, 0.25) is 0 Å². The van der Waals surface area contributed by atoms with Crippen molar-refractivity contribution < 1.29 is 9.53 Å². The number of carbonyl (C=O) groups is 1. The molecule has 0 bridgehead atoms. The molecule has 128 valence electrons. The van der Waals surface area contributed by atoms with Crippen molar-refractivity contribution in [3.8, 4) is 5.69 Å². The molecule has 0 N–H and O–H groups in total. The Morgan fingerprint density at radius 2 is 1.92 bits per heavy atom. The van der Waals surface area contributed by atoms with Crippen molar-refractivity contribution in [3.05, 3.63) is 52.8 Å².